The monoisotopic (exact) mass is 298 g/mol. The molecule has 7 heteroatoms. The van der Waals surface area contributed by atoms with E-state index in [1.54, 1.807) is 31.4 Å². The van der Waals surface area contributed by atoms with Gasteiger partial charge in [0.2, 0.25) is 10.0 Å². The van der Waals surface area contributed by atoms with Crippen LogP contribution >= 0.6 is 0 Å². The number of morpholine rings is 2. The number of methoxy groups -OCH3 is 1. The normalized spacial score (nSPS) is 27.2. The van der Waals surface area contributed by atoms with Gasteiger partial charge in [-0.15, -0.1) is 0 Å². The minimum atomic E-state index is -3.46. The molecule has 3 rings (SSSR count). The zero-order chi connectivity index (χ0) is 14.2. The standard InChI is InChI=1S/C13H18N2O4S/c1-18-10-2-4-13(5-3-10)20(16,17)15-8-11-6-14-7-12(9-15)19-11/h2-5,11-12,14H,6-9H2,1H3/t11-,12+. The molecule has 2 saturated heterocycles. The SMILES string of the molecule is COc1ccc(S(=O)(=O)N2C[C@H]3CNC[C@@H](C2)O3)cc1. The van der Waals surface area contributed by atoms with Gasteiger partial charge in [-0.2, -0.15) is 4.31 Å². The summed E-state index contributed by atoms with van der Waals surface area (Å²) >= 11 is 0. The number of sulfonamides is 1. The van der Waals surface area contributed by atoms with Gasteiger partial charge in [-0.05, 0) is 24.3 Å². The van der Waals surface area contributed by atoms with E-state index < -0.39 is 10.0 Å². The van der Waals surface area contributed by atoms with E-state index in [-0.39, 0.29) is 12.2 Å². The van der Waals surface area contributed by atoms with Gasteiger partial charge in [-0.1, -0.05) is 0 Å². The van der Waals surface area contributed by atoms with Crippen LogP contribution in [0.2, 0.25) is 0 Å². The summed E-state index contributed by atoms with van der Waals surface area (Å²) in [4.78, 5) is 0.297. The molecule has 0 aromatic heterocycles. The maximum Gasteiger partial charge on any atom is 0.243 e. The lowest BCUT2D eigenvalue weighted by atomic mass is 10.2. The first-order valence-electron chi connectivity index (χ1n) is 6.60. The van der Waals surface area contributed by atoms with E-state index >= 15 is 0 Å². The number of fused-ring (bicyclic) bond motifs is 2. The Balaban J connectivity index is 1.83. The third-order valence-corrected chi connectivity index (χ3v) is 5.49. The number of ether oxygens (including phenoxy) is 2. The lowest BCUT2D eigenvalue weighted by Crippen LogP contribution is -2.59. The molecular formula is C13H18N2O4S. The maximum absolute atomic E-state index is 12.6. The van der Waals surface area contributed by atoms with Gasteiger partial charge in [0.15, 0.2) is 0 Å². The summed E-state index contributed by atoms with van der Waals surface area (Å²) in [5.41, 5.74) is 0. The first-order valence-corrected chi connectivity index (χ1v) is 8.04. The Morgan fingerprint density at radius 3 is 2.35 bits per heavy atom. The van der Waals surface area contributed by atoms with Crippen molar-refractivity contribution in [3.05, 3.63) is 24.3 Å². The molecule has 0 unspecified atom stereocenters. The van der Waals surface area contributed by atoms with Crippen molar-refractivity contribution < 1.29 is 17.9 Å². The number of benzene rings is 1. The average Bonchev–Trinajstić information content (AvgIpc) is 2.47. The molecule has 2 atom stereocenters. The molecule has 2 bridgehead atoms. The number of hydrogen-bond donors (Lipinski definition) is 1. The van der Waals surface area contributed by atoms with Crippen molar-refractivity contribution in [3.8, 4) is 5.75 Å². The van der Waals surface area contributed by atoms with Crippen LogP contribution in [0.1, 0.15) is 0 Å². The maximum atomic E-state index is 12.6. The molecule has 2 aliphatic rings. The van der Waals surface area contributed by atoms with Crippen LogP contribution in [0.4, 0.5) is 0 Å². The first kappa shape index (κ1) is 13.8. The van der Waals surface area contributed by atoms with E-state index in [1.165, 1.54) is 4.31 Å². The van der Waals surface area contributed by atoms with Gasteiger partial charge in [0.25, 0.3) is 0 Å². The Kier molecular flexibility index (Phi) is 3.68. The Labute approximate surface area is 118 Å². The van der Waals surface area contributed by atoms with Crippen LogP contribution in [-0.4, -0.2) is 58.2 Å². The largest absolute Gasteiger partial charge is 0.497 e. The molecule has 0 aliphatic carbocycles. The number of hydrogen-bond acceptors (Lipinski definition) is 5. The molecule has 0 amide bonds. The number of rotatable bonds is 3. The van der Waals surface area contributed by atoms with E-state index in [0.29, 0.717) is 36.8 Å². The van der Waals surface area contributed by atoms with Gasteiger partial charge in [0, 0.05) is 26.2 Å². The fourth-order valence-electron chi connectivity index (χ4n) is 2.61. The van der Waals surface area contributed by atoms with Crippen molar-refractivity contribution in [2.24, 2.45) is 0 Å². The van der Waals surface area contributed by atoms with Crippen LogP contribution in [0.5, 0.6) is 5.75 Å². The summed E-state index contributed by atoms with van der Waals surface area (Å²) in [6.07, 6.45) is -0.119. The summed E-state index contributed by atoms with van der Waals surface area (Å²) < 4.78 is 37.6. The second-order valence-corrected chi connectivity index (χ2v) is 6.97. The zero-order valence-corrected chi connectivity index (χ0v) is 12.1. The predicted molar refractivity (Wildman–Crippen MR) is 73.3 cm³/mol. The van der Waals surface area contributed by atoms with Crippen LogP contribution in [0.3, 0.4) is 0 Å². The molecule has 1 N–H and O–H groups in total. The van der Waals surface area contributed by atoms with E-state index in [2.05, 4.69) is 5.32 Å². The second-order valence-electron chi connectivity index (χ2n) is 5.04. The average molecular weight is 298 g/mol. The van der Waals surface area contributed by atoms with Crippen molar-refractivity contribution in [2.45, 2.75) is 17.1 Å². The Morgan fingerprint density at radius 2 is 1.80 bits per heavy atom. The van der Waals surface area contributed by atoms with Crippen LogP contribution in [0, 0.1) is 0 Å². The second kappa shape index (κ2) is 5.33. The van der Waals surface area contributed by atoms with Crippen molar-refractivity contribution in [2.75, 3.05) is 33.3 Å². The highest BCUT2D eigenvalue weighted by molar-refractivity contribution is 7.89. The highest BCUT2D eigenvalue weighted by Gasteiger charge is 2.37. The third-order valence-electron chi connectivity index (χ3n) is 3.64. The summed E-state index contributed by atoms with van der Waals surface area (Å²) in [6, 6.07) is 6.49. The van der Waals surface area contributed by atoms with Crippen molar-refractivity contribution in [3.63, 3.8) is 0 Å². The van der Waals surface area contributed by atoms with Crippen LogP contribution in [-0.2, 0) is 14.8 Å². The fourth-order valence-corrected chi connectivity index (χ4v) is 4.11. The predicted octanol–water partition coefficient (Wildman–Crippen LogP) is 0.0565. The minimum Gasteiger partial charge on any atom is -0.497 e. The van der Waals surface area contributed by atoms with E-state index in [0.717, 1.165) is 0 Å². The minimum absolute atomic E-state index is 0.0597. The Bertz CT molecular complexity index is 561. The van der Waals surface area contributed by atoms with Gasteiger partial charge in [-0.25, -0.2) is 8.42 Å². The van der Waals surface area contributed by atoms with E-state index in [1.807, 2.05) is 0 Å². The van der Waals surface area contributed by atoms with Crippen molar-refractivity contribution in [1.29, 1.82) is 0 Å². The highest BCUT2D eigenvalue weighted by Crippen LogP contribution is 2.23. The Morgan fingerprint density at radius 1 is 1.20 bits per heavy atom. The molecule has 20 heavy (non-hydrogen) atoms. The lowest BCUT2D eigenvalue weighted by Gasteiger charge is -2.41. The van der Waals surface area contributed by atoms with Crippen molar-refractivity contribution in [1.82, 2.24) is 9.62 Å². The highest BCUT2D eigenvalue weighted by atomic mass is 32.2. The first-order chi connectivity index (χ1) is 9.59. The molecule has 2 heterocycles. The Hall–Kier alpha value is -1.15. The van der Waals surface area contributed by atoms with Crippen LogP contribution < -0.4 is 10.1 Å². The van der Waals surface area contributed by atoms with Gasteiger partial charge >= 0.3 is 0 Å². The summed E-state index contributed by atoms with van der Waals surface area (Å²) in [6.45, 7) is 2.20. The van der Waals surface area contributed by atoms with Crippen molar-refractivity contribution >= 4 is 10.0 Å². The van der Waals surface area contributed by atoms with Crippen LogP contribution in [0.15, 0.2) is 29.2 Å². The third kappa shape index (κ3) is 2.54. The van der Waals surface area contributed by atoms with Gasteiger partial charge in [-0.3, -0.25) is 0 Å². The number of nitrogens with zero attached hydrogens (tertiary/aromatic N) is 1. The molecule has 0 saturated carbocycles. The zero-order valence-electron chi connectivity index (χ0n) is 11.3. The van der Waals surface area contributed by atoms with E-state index in [9.17, 15) is 8.42 Å². The lowest BCUT2D eigenvalue weighted by molar-refractivity contribution is -0.0824. The molecule has 2 fully saturated rings. The summed E-state index contributed by atoms with van der Waals surface area (Å²) in [5.74, 6) is 0.645. The van der Waals surface area contributed by atoms with Gasteiger partial charge in [0.1, 0.15) is 5.75 Å². The molecule has 2 aliphatic heterocycles. The summed E-state index contributed by atoms with van der Waals surface area (Å²) in [7, 11) is -1.90. The molecule has 0 radical (unpaired) electrons. The van der Waals surface area contributed by atoms with Gasteiger partial charge < -0.3 is 14.8 Å². The quantitative estimate of drug-likeness (QED) is 0.854. The molecule has 110 valence electrons. The molecule has 6 nitrogen and oxygen atoms in total. The van der Waals surface area contributed by atoms with Gasteiger partial charge in [0.05, 0.1) is 24.2 Å². The molecular weight excluding hydrogens is 280 g/mol. The number of nitrogens with one attached hydrogen (secondary N) is 1. The van der Waals surface area contributed by atoms with E-state index in [4.69, 9.17) is 9.47 Å². The molecule has 0 spiro atoms. The topological polar surface area (TPSA) is 67.9 Å². The van der Waals surface area contributed by atoms with Crippen LogP contribution in [0.25, 0.3) is 0 Å². The molecule has 1 aromatic carbocycles. The summed E-state index contributed by atoms with van der Waals surface area (Å²) in [5, 5.41) is 3.25. The molecule has 1 aromatic rings. The smallest absolute Gasteiger partial charge is 0.243 e. The fraction of sp³-hybridized carbons (Fsp3) is 0.538.